The summed E-state index contributed by atoms with van der Waals surface area (Å²) in [6.45, 7) is 0. The molecule has 5 nitrogen and oxygen atoms in total. The van der Waals surface area contributed by atoms with Crippen LogP contribution in [0, 0.1) is 23.7 Å². The number of nitrogens with one attached hydrogen (secondary N) is 1. The van der Waals surface area contributed by atoms with Gasteiger partial charge in [-0.15, -0.1) is 0 Å². The van der Waals surface area contributed by atoms with E-state index in [9.17, 15) is 16.8 Å². The fourth-order valence-electron chi connectivity index (χ4n) is 4.63. The first-order valence-corrected chi connectivity index (χ1v) is 11.3. The Morgan fingerprint density at radius 2 is 1.64 bits per heavy atom. The molecule has 0 amide bonds. The van der Waals surface area contributed by atoms with E-state index < -0.39 is 19.7 Å². The molecule has 4 saturated carbocycles. The molecule has 22 heavy (non-hydrogen) atoms. The minimum Gasteiger partial charge on any atom is -0.381 e. The summed E-state index contributed by atoms with van der Waals surface area (Å²) in [5, 5.41) is 3.40. The lowest BCUT2D eigenvalue weighted by Gasteiger charge is -2.20. The first-order chi connectivity index (χ1) is 10.2. The standard InChI is InChI=1S/C15H19NO4S2/c1-21(17,18)9-3-4-12(13(7-9)22(2,19)20)16-15-8-5-10-11(6-8)14(10)15/h3-4,7-8,10-11,14-16H,5-6H2,1-2H3. The topological polar surface area (TPSA) is 80.3 Å². The Hall–Kier alpha value is -1.08. The van der Waals surface area contributed by atoms with E-state index in [0.717, 1.165) is 24.3 Å². The highest BCUT2D eigenvalue weighted by Gasteiger charge is 2.68. The van der Waals surface area contributed by atoms with Crippen LogP contribution in [0.1, 0.15) is 12.8 Å². The summed E-state index contributed by atoms with van der Waals surface area (Å²) < 4.78 is 47.5. The van der Waals surface area contributed by atoms with Crippen LogP contribution in [0.25, 0.3) is 0 Å². The van der Waals surface area contributed by atoms with Gasteiger partial charge in [-0.2, -0.15) is 0 Å². The van der Waals surface area contributed by atoms with E-state index in [-0.39, 0.29) is 9.79 Å². The highest BCUT2D eigenvalue weighted by molar-refractivity contribution is 7.91. The Labute approximate surface area is 130 Å². The largest absolute Gasteiger partial charge is 0.381 e. The molecule has 0 aromatic heterocycles. The molecule has 0 spiro atoms. The predicted octanol–water partition coefficient (Wildman–Crippen LogP) is 1.56. The maximum atomic E-state index is 12.1. The second-order valence-electron chi connectivity index (χ2n) is 7.01. The van der Waals surface area contributed by atoms with Crippen LogP contribution in [-0.4, -0.2) is 35.4 Å². The first-order valence-electron chi connectivity index (χ1n) is 7.47. The number of hydrogen-bond donors (Lipinski definition) is 1. The second kappa shape index (κ2) is 4.26. The third-order valence-corrected chi connectivity index (χ3v) is 7.82. The number of sulfone groups is 2. The van der Waals surface area contributed by atoms with Gasteiger partial charge < -0.3 is 5.32 Å². The minimum absolute atomic E-state index is 0.0403. The average molecular weight is 341 g/mol. The van der Waals surface area contributed by atoms with Crippen LogP contribution < -0.4 is 5.32 Å². The van der Waals surface area contributed by atoms with E-state index >= 15 is 0 Å². The van der Waals surface area contributed by atoms with Gasteiger partial charge >= 0.3 is 0 Å². The predicted molar refractivity (Wildman–Crippen MR) is 83.3 cm³/mol. The zero-order valence-corrected chi connectivity index (χ0v) is 14.1. The van der Waals surface area contributed by atoms with Crippen molar-refractivity contribution in [3.63, 3.8) is 0 Å². The number of benzene rings is 1. The fraction of sp³-hybridized carbons (Fsp3) is 0.600. The molecule has 0 aliphatic heterocycles. The van der Waals surface area contributed by atoms with Gasteiger partial charge in [0.05, 0.1) is 15.5 Å². The normalized spacial score (nSPS) is 35.6. The third-order valence-electron chi connectivity index (χ3n) is 5.57. The molecule has 4 bridgehead atoms. The van der Waals surface area contributed by atoms with Crippen molar-refractivity contribution in [2.24, 2.45) is 23.7 Å². The van der Waals surface area contributed by atoms with Crippen molar-refractivity contribution in [2.45, 2.75) is 28.7 Å². The maximum Gasteiger partial charge on any atom is 0.177 e. The second-order valence-corrected chi connectivity index (χ2v) is 11.0. The summed E-state index contributed by atoms with van der Waals surface area (Å²) >= 11 is 0. The summed E-state index contributed by atoms with van der Waals surface area (Å²) in [6.07, 6.45) is 4.71. The number of rotatable bonds is 4. The lowest BCUT2D eigenvalue weighted by atomic mass is 10.1. The fourth-order valence-corrected chi connectivity index (χ4v) is 6.22. The highest BCUT2D eigenvalue weighted by Crippen LogP contribution is 2.70. The van der Waals surface area contributed by atoms with Crippen LogP contribution in [-0.2, 0) is 19.7 Å². The molecule has 1 aromatic carbocycles. The monoisotopic (exact) mass is 341 g/mol. The van der Waals surface area contributed by atoms with E-state index in [1.165, 1.54) is 25.0 Å². The van der Waals surface area contributed by atoms with Crippen molar-refractivity contribution in [3.05, 3.63) is 18.2 Å². The van der Waals surface area contributed by atoms with Gasteiger partial charge in [0.2, 0.25) is 0 Å². The molecule has 4 aliphatic carbocycles. The van der Waals surface area contributed by atoms with Crippen molar-refractivity contribution in [1.29, 1.82) is 0 Å². The smallest absolute Gasteiger partial charge is 0.177 e. The SMILES string of the molecule is CS(=O)(=O)c1ccc(NC2C3CC4C(C3)C42)c(S(C)(=O)=O)c1. The van der Waals surface area contributed by atoms with Gasteiger partial charge in [-0.05, 0) is 54.7 Å². The van der Waals surface area contributed by atoms with Crippen molar-refractivity contribution < 1.29 is 16.8 Å². The van der Waals surface area contributed by atoms with Crippen LogP contribution in [0.5, 0.6) is 0 Å². The highest BCUT2D eigenvalue weighted by atomic mass is 32.2. The molecule has 3 atom stereocenters. The van der Waals surface area contributed by atoms with Gasteiger partial charge in [0.25, 0.3) is 0 Å². The molecule has 1 aromatic rings. The Morgan fingerprint density at radius 1 is 1.00 bits per heavy atom. The molecule has 0 saturated heterocycles. The summed E-state index contributed by atoms with van der Waals surface area (Å²) in [5.74, 6) is 2.99. The van der Waals surface area contributed by atoms with E-state index in [4.69, 9.17) is 0 Å². The molecule has 5 rings (SSSR count). The zero-order valence-electron chi connectivity index (χ0n) is 12.5. The molecule has 1 N–H and O–H groups in total. The summed E-state index contributed by atoms with van der Waals surface area (Å²) in [7, 11) is -6.92. The van der Waals surface area contributed by atoms with Gasteiger partial charge in [0.15, 0.2) is 19.7 Å². The van der Waals surface area contributed by atoms with Crippen LogP contribution >= 0.6 is 0 Å². The lowest BCUT2D eigenvalue weighted by Crippen LogP contribution is -2.24. The van der Waals surface area contributed by atoms with Gasteiger partial charge in [-0.3, -0.25) is 0 Å². The lowest BCUT2D eigenvalue weighted by molar-refractivity contribution is 0.549. The number of anilines is 1. The molecule has 0 radical (unpaired) electrons. The summed E-state index contributed by atoms with van der Waals surface area (Å²) in [4.78, 5) is 0.121. The maximum absolute atomic E-state index is 12.1. The summed E-state index contributed by atoms with van der Waals surface area (Å²) in [5.41, 5.74) is 0.540. The van der Waals surface area contributed by atoms with E-state index in [1.807, 2.05) is 0 Å². The van der Waals surface area contributed by atoms with Gasteiger partial charge in [0.1, 0.15) is 0 Å². The van der Waals surface area contributed by atoms with Gasteiger partial charge in [0, 0.05) is 18.6 Å². The van der Waals surface area contributed by atoms with Crippen molar-refractivity contribution in [3.8, 4) is 0 Å². The van der Waals surface area contributed by atoms with E-state index in [0.29, 0.717) is 23.6 Å². The van der Waals surface area contributed by atoms with Crippen LogP contribution in [0.2, 0.25) is 0 Å². The van der Waals surface area contributed by atoms with Crippen LogP contribution in [0.15, 0.2) is 28.0 Å². The zero-order chi connectivity index (χ0) is 15.9. The van der Waals surface area contributed by atoms with Crippen LogP contribution in [0.3, 0.4) is 0 Å². The quantitative estimate of drug-likeness (QED) is 0.899. The Kier molecular flexibility index (Phi) is 2.81. The van der Waals surface area contributed by atoms with Crippen molar-refractivity contribution in [2.75, 3.05) is 17.8 Å². The van der Waals surface area contributed by atoms with Gasteiger partial charge in [-0.25, -0.2) is 16.8 Å². The molecule has 0 heterocycles. The molecule has 120 valence electrons. The van der Waals surface area contributed by atoms with Crippen molar-refractivity contribution >= 4 is 25.4 Å². The molecule has 3 unspecified atom stereocenters. The molecule has 4 fully saturated rings. The minimum atomic E-state index is -3.49. The molecular weight excluding hydrogens is 322 g/mol. The third kappa shape index (κ3) is 2.09. The molecular formula is C15H19NO4S2. The number of hydrogen-bond acceptors (Lipinski definition) is 5. The van der Waals surface area contributed by atoms with Gasteiger partial charge in [-0.1, -0.05) is 0 Å². The van der Waals surface area contributed by atoms with E-state index in [2.05, 4.69) is 5.32 Å². The Bertz CT molecular complexity index is 846. The van der Waals surface area contributed by atoms with Crippen molar-refractivity contribution in [1.82, 2.24) is 0 Å². The Morgan fingerprint density at radius 3 is 2.09 bits per heavy atom. The average Bonchev–Trinajstić information content (AvgIpc) is 2.77. The Balaban J connectivity index is 1.73. The molecule has 7 heteroatoms. The molecule has 4 aliphatic rings. The van der Waals surface area contributed by atoms with Crippen LogP contribution in [0.4, 0.5) is 5.69 Å². The van der Waals surface area contributed by atoms with E-state index in [1.54, 1.807) is 6.07 Å². The summed E-state index contributed by atoms with van der Waals surface area (Å²) in [6, 6.07) is 4.70. The first kappa shape index (κ1) is 14.5.